The molecule has 0 amide bonds. The quantitative estimate of drug-likeness (QED) is 0.919. The topological polar surface area (TPSA) is 69.2 Å². The zero-order valence-electron chi connectivity index (χ0n) is 13.2. The minimum Gasteiger partial charge on any atom is -0.424 e. The number of hydrogen-bond acceptors (Lipinski definition) is 5. The third-order valence-electron chi connectivity index (χ3n) is 3.97. The van der Waals surface area contributed by atoms with Crippen LogP contribution < -0.4 is 15.4 Å². The third kappa shape index (κ3) is 2.92. The van der Waals surface area contributed by atoms with Crippen LogP contribution in [-0.2, 0) is 6.54 Å². The first kappa shape index (κ1) is 14.8. The highest BCUT2D eigenvalue weighted by Crippen LogP contribution is 2.28. The lowest BCUT2D eigenvalue weighted by Gasteiger charge is -2.18. The van der Waals surface area contributed by atoms with E-state index in [0.29, 0.717) is 6.01 Å². The van der Waals surface area contributed by atoms with E-state index in [1.54, 1.807) is 0 Å². The van der Waals surface area contributed by atoms with Crippen molar-refractivity contribution in [1.82, 2.24) is 14.8 Å². The van der Waals surface area contributed by atoms with Crippen LogP contribution in [0, 0.1) is 0 Å². The average molecular weight is 301 g/mol. The molecule has 6 heteroatoms. The molecular weight excluding hydrogens is 278 g/mol. The van der Waals surface area contributed by atoms with Crippen molar-refractivity contribution in [3.8, 4) is 11.8 Å². The SMILES string of the molecule is CCn1c(Oc2cccc(N3CCCC3)c2)nnc1[C@@H](C)N. The van der Waals surface area contributed by atoms with Crippen LogP contribution in [0.4, 0.5) is 5.69 Å². The predicted octanol–water partition coefficient (Wildman–Crippen LogP) is 2.71. The highest BCUT2D eigenvalue weighted by Gasteiger charge is 2.17. The second kappa shape index (κ2) is 6.36. The summed E-state index contributed by atoms with van der Waals surface area (Å²) >= 11 is 0. The summed E-state index contributed by atoms with van der Waals surface area (Å²) in [5, 5.41) is 8.26. The van der Waals surface area contributed by atoms with Crippen molar-refractivity contribution < 1.29 is 4.74 Å². The molecule has 2 N–H and O–H groups in total. The van der Waals surface area contributed by atoms with Gasteiger partial charge < -0.3 is 15.4 Å². The molecule has 2 heterocycles. The monoisotopic (exact) mass is 301 g/mol. The molecule has 0 bridgehead atoms. The lowest BCUT2D eigenvalue weighted by Crippen LogP contribution is -2.17. The Balaban J connectivity index is 1.82. The third-order valence-corrected chi connectivity index (χ3v) is 3.97. The molecule has 0 saturated carbocycles. The molecule has 6 nitrogen and oxygen atoms in total. The van der Waals surface area contributed by atoms with E-state index in [1.807, 2.05) is 30.5 Å². The molecule has 22 heavy (non-hydrogen) atoms. The highest BCUT2D eigenvalue weighted by molar-refractivity contribution is 5.51. The van der Waals surface area contributed by atoms with Crippen LogP contribution in [0.2, 0.25) is 0 Å². The molecule has 1 saturated heterocycles. The fraction of sp³-hybridized carbons (Fsp3) is 0.500. The molecule has 0 radical (unpaired) electrons. The first-order valence-electron chi connectivity index (χ1n) is 7.90. The van der Waals surface area contributed by atoms with Gasteiger partial charge in [-0.2, -0.15) is 0 Å². The van der Waals surface area contributed by atoms with Crippen molar-refractivity contribution in [2.24, 2.45) is 5.73 Å². The van der Waals surface area contributed by atoms with Gasteiger partial charge in [-0.15, -0.1) is 5.10 Å². The van der Waals surface area contributed by atoms with Crippen LogP contribution >= 0.6 is 0 Å². The van der Waals surface area contributed by atoms with Gasteiger partial charge in [-0.3, -0.25) is 4.57 Å². The molecule has 1 aliphatic rings. The molecule has 0 aliphatic carbocycles. The number of nitrogens with two attached hydrogens (primary N) is 1. The van der Waals surface area contributed by atoms with Gasteiger partial charge in [-0.25, -0.2) is 0 Å². The number of aromatic nitrogens is 3. The summed E-state index contributed by atoms with van der Waals surface area (Å²) in [6, 6.07) is 8.47. The fourth-order valence-electron chi connectivity index (χ4n) is 2.83. The lowest BCUT2D eigenvalue weighted by atomic mass is 10.3. The van der Waals surface area contributed by atoms with Crippen LogP contribution in [0.3, 0.4) is 0 Å². The van der Waals surface area contributed by atoms with E-state index in [1.165, 1.54) is 18.5 Å². The Bertz CT molecular complexity index is 631. The molecule has 1 aliphatic heterocycles. The highest BCUT2D eigenvalue weighted by atomic mass is 16.5. The van der Waals surface area contributed by atoms with E-state index in [4.69, 9.17) is 10.5 Å². The van der Waals surface area contributed by atoms with Gasteiger partial charge in [0.1, 0.15) is 5.75 Å². The number of ether oxygens (including phenoxy) is 1. The van der Waals surface area contributed by atoms with Crippen molar-refractivity contribution in [2.45, 2.75) is 39.3 Å². The molecule has 0 unspecified atom stereocenters. The lowest BCUT2D eigenvalue weighted by molar-refractivity contribution is 0.409. The van der Waals surface area contributed by atoms with Crippen LogP contribution in [-0.4, -0.2) is 27.9 Å². The van der Waals surface area contributed by atoms with E-state index < -0.39 is 0 Å². The largest absolute Gasteiger partial charge is 0.424 e. The van der Waals surface area contributed by atoms with Crippen LogP contribution in [0.5, 0.6) is 11.8 Å². The maximum Gasteiger partial charge on any atom is 0.322 e. The number of rotatable bonds is 5. The van der Waals surface area contributed by atoms with Gasteiger partial charge >= 0.3 is 6.01 Å². The second-order valence-corrected chi connectivity index (χ2v) is 5.67. The Morgan fingerprint density at radius 1 is 1.27 bits per heavy atom. The minimum absolute atomic E-state index is 0.166. The Hall–Kier alpha value is -2.08. The molecule has 1 fully saturated rings. The first-order valence-corrected chi connectivity index (χ1v) is 7.90. The standard InChI is InChI=1S/C16H23N5O/c1-3-21-15(12(2)17)18-19-16(21)22-14-8-6-7-13(11-14)20-9-4-5-10-20/h6-8,11-12H,3-5,9-10,17H2,1-2H3/t12-/m1/s1. The normalized spacial score (nSPS) is 16.0. The maximum absolute atomic E-state index is 5.94. The summed E-state index contributed by atoms with van der Waals surface area (Å²) in [7, 11) is 0. The maximum atomic E-state index is 5.94. The Morgan fingerprint density at radius 2 is 2.05 bits per heavy atom. The number of benzene rings is 1. The van der Waals surface area contributed by atoms with Crippen molar-refractivity contribution in [3.63, 3.8) is 0 Å². The van der Waals surface area contributed by atoms with Crippen LogP contribution in [0.15, 0.2) is 24.3 Å². The van der Waals surface area contributed by atoms with Gasteiger partial charge in [0.25, 0.3) is 0 Å². The fourth-order valence-corrected chi connectivity index (χ4v) is 2.83. The molecule has 2 aromatic rings. The molecule has 1 atom stereocenters. The van der Waals surface area contributed by atoms with Gasteiger partial charge in [0.2, 0.25) is 0 Å². The molecular formula is C16H23N5O. The number of nitrogens with zero attached hydrogens (tertiary/aromatic N) is 4. The molecule has 1 aromatic heterocycles. The Labute approximate surface area is 130 Å². The van der Waals surface area contributed by atoms with Gasteiger partial charge in [0, 0.05) is 31.4 Å². The molecule has 3 rings (SSSR count). The molecule has 0 spiro atoms. The Kier molecular flexibility index (Phi) is 4.29. The molecule has 1 aromatic carbocycles. The van der Waals surface area contributed by atoms with E-state index in [9.17, 15) is 0 Å². The van der Waals surface area contributed by atoms with Crippen LogP contribution in [0.1, 0.15) is 38.6 Å². The summed E-state index contributed by atoms with van der Waals surface area (Å²) in [5.41, 5.74) is 7.12. The van der Waals surface area contributed by atoms with Crippen molar-refractivity contribution in [2.75, 3.05) is 18.0 Å². The zero-order valence-corrected chi connectivity index (χ0v) is 13.2. The van der Waals surface area contributed by atoms with E-state index in [-0.39, 0.29) is 6.04 Å². The Morgan fingerprint density at radius 3 is 2.73 bits per heavy atom. The second-order valence-electron chi connectivity index (χ2n) is 5.67. The zero-order chi connectivity index (χ0) is 15.5. The van der Waals surface area contributed by atoms with E-state index in [2.05, 4.69) is 27.2 Å². The van der Waals surface area contributed by atoms with Crippen molar-refractivity contribution >= 4 is 5.69 Å². The minimum atomic E-state index is -0.166. The number of anilines is 1. The van der Waals surface area contributed by atoms with Gasteiger partial charge in [-0.1, -0.05) is 11.2 Å². The summed E-state index contributed by atoms with van der Waals surface area (Å²) in [6.45, 7) is 6.88. The van der Waals surface area contributed by atoms with Crippen molar-refractivity contribution in [1.29, 1.82) is 0 Å². The average Bonchev–Trinajstić information content (AvgIpc) is 3.16. The van der Waals surface area contributed by atoms with E-state index >= 15 is 0 Å². The first-order chi connectivity index (χ1) is 10.7. The van der Waals surface area contributed by atoms with Crippen LogP contribution in [0.25, 0.3) is 0 Å². The van der Waals surface area contributed by atoms with E-state index in [0.717, 1.165) is 31.2 Å². The van der Waals surface area contributed by atoms with Gasteiger partial charge in [0.15, 0.2) is 5.82 Å². The van der Waals surface area contributed by atoms with Crippen molar-refractivity contribution in [3.05, 3.63) is 30.1 Å². The summed E-state index contributed by atoms with van der Waals surface area (Å²) in [6.07, 6.45) is 2.51. The summed E-state index contributed by atoms with van der Waals surface area (Å²) in [4.78, 5) is 2.38. The van der Waals surface area contributed by atoms with Gasteiger partial charge in [-0.05, 0) is 38.8 Å². The molecule has 118 valence electrons. The van der Waals surface area contributed by atoms with Gasteiger partial charge in [0.05, 0.1) is 6.04 Å². The summed E-state index contributed by atoms with van der Waals surface area (Å²) < 4.78 is 7.85. The number of hydrogen-bond donors (Lipinski definition) is 1. The smallest absolute Gasteiger partial charge is 0.322 e. The summed E-state index contributed by atoms with van der Waals surface area (Å²) in [5.74, 6) is 1.52. The predicted molar refractivity (Wildman–Crippen MR) is 86.3 cm³/mol.